The van der Waals surface area contributed by atoms with Crippen molar-refractivity contribution in [3.63, 3.8) is 0 Å². The highest BCUT2D eigenvalue weighted by molar-refractivity contribution is 6.71. The largest absolute Gasteiger partial charge is 0.420 e. The van der Waals surface area contributed by atoms with Crippen molar-refractivity contribution in [3.8, 4) is 0 Å². The number of allylic oxidation sites excluding steroid dienone is 2. The molecule has 0 unspecified atom stereocenters. The van der Waals surface area contributed by atoms with Gasteiger partial charge >= 0.3 is 0 Å². The summed E-state index contributed by atoms with van der Waals surface area (Å²) < 4.78 is 5.49. The first-order chi connectivity index (χ1) is 6.12. The Kier molecular flexibility index (Phi) is 7.29. The molecule has 13 heavy (non-hydrogen) atoms. The highest BCUT2D eigenvalue weighted by atomic mass is 28.4. The van der Waals surface area contributed by atoms with E-state index < -0.39 is 8.32 Å². The summed E-state index contributed by atoms with van der Waals surface area (Å²) in [4.78, 5) is 0. The zero-order valence-electron chi connectivity index (χ0n) is 9.60. The molecule has 0 aromatic heterocycles. The van der Waals surface area contributed by atoms with Gasteiger partial charge in [-0.1, -0.05) is 25.0 Å². The van der Waals surface area contributed by atoms with Crippen molar-refractivity contribution < 1.29 is 4.43 Å². The molecule has 0 aliphatic heterocycles. The Labute approximate surface area is 84.3 Å². The molecule has 0 N–H and O–H groups in total. The van der Waals surface area contributed by atoms with Gasteiger partial charge in [-0.2, -0.15) is 0 Å². The van der Waals surface area contributed by atoms with Crippen LogP contribution in [0, 0.1) is 0 Å². The van der Waals surface area contributed by atoms with Gasteiger partial charge in [0.1, 0.15) is 0 Å². The lowest BCUT2D eigenvalue weighted by Crippen LogP contribution is -2.27. The Morgan fingerprint density at radius 1 is 1.15 bits per heavy atom. The van der Waals surface area contributed by atoms with Crippen LogP contribution in [0.5, 0.6) is 0 Å². The zero-order valence-corrected chi connectivity index (χ0v) is 10.6. The second-order valence-electron chi connectivity index (χ2n) is 4.13. The lowest BCUT2D eigenvalue weighted by molar-refractivity contribution is 0.401. The van der Waals surface area contributed by atoms with Gasteiger partial charge in [-0.15, -0.1) is 0 Å². The van der Waals surface area contributed by atoms with Crippen LogP contribution in [0.1, 0.15) is 32.6 Å². The van der Waals surface area contributed by atoms with Gasteiger partial charge in [0.15, 0.2) is 8.32 Å². The third-order valence-corrected chi connectivity index (χ3v) is 5.10. The summed E-state index contributed by atoms with van der Waals surface area (Å²) in [6.45, 7) is 6.67. The summed E-state index contributed by atoms with van der Waals surface area (Å²) in [6.07, 6.45) is 9.64. The predicted octanol–water partition coefficient (Wildman–Crippen LogP) is 3.97. The second kappa shape index (κ2) is 7.33. The molecule has 0 spiro atoms. The van der Waals surface area contributed by atoms with Crippen LogP contribution in [-0.2, 0) is 4.43 Å². The van der Waals surface area contributed by atoms with E-state index in [0.717, 1.165) is 0 Å². The molecule has 0 fully saturated rings. The Morgan fingerprint density at radius 2 is 1.85 bits per heavy atom. The molecule has 0 amide bonds. The van der Waals surface area contributed by atoms with E-state index in [-0.39, 0.29) is 0 Å². The van der Waals surface area contributed by atoms with Gasteiger partial charge in [0.25, 0.3) is 0 Å². The third-order valence-electron chi connectivity index (χ3n) is 2.44. The fraction of sp³-hybridized carbons (Fsp3) is 0.818. The van der Waals surface area contributed by atoms with E-state index in [4.69, 9.17) is 4.43 Å². The van der Waals surface area contributed by atoms with Gasteiger partial charge in [-0.25, -0.2) is 0 Å². The maximum absolute atomic E-state index is 5.49. The molecular formula is C11H24OSi. The Hall–Kier alpha value is -0.0831. The topological polar surface area (TPSA) is 9.23 Å². The summed E-state index contributed by atoms with van der Waals surface area (Å²) in [5.74, 6) is 0. The molecule has 0 radical (unpaired) electrons. The Bertz CT molecular complexity index is 141. The van der Waals surface area contributed by atoms with Gasteiger partial charge in [0.05, 0.1) is 0 Å². The van der Waals surface area contributed by atoms with Gasteiger partial charge < -0.3 is 4.43 Å². The monoisotopic (exact) mass is 200 g/mol. The average molecular weight is 200 g/mol. The summed E-state index contributed by atoms with van der Waals surface area (Å²) in [5.41, 5.74) is 0. The quantitative estimate of drug-likeness (QED) is 0.343. The highest BCUT2D eigenvalue weighted by Crippen LogP contribution is 2.15. The van der Waals surface area contributed by atoms with Gasteiger partial charge in [0, 0.05) is 7.11 Å². The third kappa shape index (κ3) is 8.25. The normalized spacial score (nSPS) is 12.6. The van der Waals surface area contributed by atoms with E-state index in [1.54, 1.807) is 0 Å². The van der Waals surface area contributed by atoms with Crippen molar-refractivity contribution in [3.05, 3.63) is 12.2 Å². The molecule has 0 aromatic rings. The molecule has 78 valence electrons. The number of hydrogen-bond acceptors (Lipinski definition) is 1. The number of rotatable bonds is 7. The Balaban J connectivity index is 3.25. The van der Waals surface area contributed by atoms with Gasteiger partial charge in [-0.05, 0) is 38.9 Å². The van der Waals surface area contributed by atoms with Crippen molar-refractivity contribution in [2.24, 2.45) is 0 Å². The van der Waals surface area contributed by atoms with E-state index in [1.807, 2.05) is 7.11 Å². The minimum atomic E-state index is -1.26. The van der Waals surface area contributed by atoms with E-state index in [1.165, 1.54) is 31.7 Å². The molecule has 0 heterocycles. The summed E-state index contributed by atoms with van der Waals surface area (Å²) >= 11 is 0. The molecule has 0 rings (SSSR count). The first kappa shape index (κ1) is 12.9. The van der Waals surface area contributed by atoms with Crippen molar-refractivity contribution in [1.29, 1.82) is 0 Å². The SMILES string of the molecule is CC=CCCCCC[Si](C)(C)OC. The maximum atomic E-state index is 5.49. The van der Waals surface area contributed by atoms with Crippen molar-refractivity contribution in [2.45, 2.75) is 51.7 Å². The van der Waals surface area contributed by atoms with Crippen LogP contribution in [0.2, 0.25) is 19.1 Å². The highest BCUT2D eigenvalue weighted by Gasteiger charge is 2.18. The number of unbranched alkanes of at least 4 members (excludes halogenated alkanes) is 3. The molecule has 0 aromatic carbocycles. The second-order valence-corrected chi connectivity index (χ2v) is 8.56. The molecular weight excluding hydrogens is 176 g/mol. The standard InChI is InChI=1S/C11H24OSi/c1-5-6-7-8-9-10-11-13(3,4)12-2/h5-6H,7-11H2,1-4H3. The van der Waals surface area contributed by atoms with Crippen molar-refractivity contribution in [1.82, 2.24) is 0 Å². The van der Waals surface area contributed by atoms with Crippen LogP contribution in [0.4, 0.5) is 0 Å². The summed E-state index contributed by atoms with van der Waals surface area (Å²) in [7, 11) is 0.589. The fourth-order valence-electron chi connectivity index (χ4n) is 1.26. The van der Waals surface area contributed by atoms with Crippen LogP contribution < -0.4 is 0 Å². The first-order valence-electron chi connectivity index (χ1n) is 5.28. The van der Waals surface area contributed by atoms with Gasteiger partial charge in [0.2, 0.25) is 0 Å². The maximum Gasteiger partial charge on any atom is 0.186 e. The van der Waals surface area contributed by atoms with Crippen LogP contribution >= 0.6 is 0 Å². The predicted molar refractivity (Wildman–Crippen MR) is 62.6 cm³/mol. The van der Waals surface area contributed by atoms with E-state index in [9.17, 15) is 0 Å². The molecule has 0 atom stereocenters. The lowest BCUT2D eigenvalue weighted by Gasteiger charge is -2.19. The van der Waals surface area contributed by atoms with E-state index >= 15 is 0 Å². The molecule has 2 heteroatoms. The molecule has 0 aliphatic carbocycles. The number of hydrogen-bond donors (Lipinski definition) is 0. The van der Waals surface area contributed by atoms with Crippen LogP contribution in [-0.4, -0.2) is 15.4 Å². The van der Waals surface area contributed by atoms with Crippen molar-refractivity contribution in [2.75, 3.05) is 7.11 Å². The zero-order chi connectivity index (χ0) is 10.2. The van der Waals surface area contributed by atoms with E-state index in [0.29, 0.717) is 0 Å². The first-order valence-corrected chi connectivity index (χ1v) is 8.40. The molecule has 0 saturated carbocycles. The fourth-order valence-corrected chi connectivity index (χ4v) is 2.56. The average Bonchev–Trinajstić information content (AvgIpc) is 2.11. The van der Waals surface area contributed by atoms with Crippen LogP contribution in [0.3, 0.4) is 0 Å². The minimum Gasteiger partial charge on any atom is -0.420 e. The molecule has 1 nitrogen and oxygen atoms in total. The lowest BCUT2D eigenvalue weighted by atomic mass is 10.2. The molecule has 0 aliphatic rings. The molecule has 0 saturated heterocycles. The molecule has 0 bridgehead atoms. The van der Waals surface area contributed by atoms with Crippen LogP contribution in [0.15, 0.2) is 12.2 Å². The Morgan fingerprint density at radius 3 is 2.38 bits per heavy atom. The summed E-state index contributed by atoms with van der Waals surface area (Å²) in [6, 6.07) is 1.30. The van der Waals surface area contributed by atoms with Crippen molar-refractivity contribution >= 4 is 8.32 Å². The van der Waals surface area contributed by atoms with E-state index in [2.05, 4.69) is 32.2 Å². The van der Waals surface area contributed by atoms with Gasteiger partial charge in [-0.3, -0.25) is 0 Å². The summed E-state index contributed by atoms with van der Waals surface area (Å²) in [5, 5.41) is 0. The van der Waals surface area contributed by atoms with Crippen LogP contribution in [0.25, 0.3) is 0 Å². The minimum absolute atomic E-state index is 1.24. The smallest absolute Gasteiger partial charge is 0.186 e.